The van der Waals surface area contributed by atoms with E-state index in [1.54, 1.807) is 11.9 Å². The lowest BCUT2D eigenvalue weighted by Crippen LogP contribution is -2.45. The molecule has 6 nitrogen and oxygen atoms in total. The highest BCUT2D eigenvalue weighted by Crippen LogP contribution is 2.17. The minimum absolute atomic E-state index is 0.00489. The Morgan fingerprint density at radius 1 is 1.27 bits per heavy atom. The van der Waals surface area contributed by atoms with Crippen LogP contribution in [0.25, 0.3) is 0 Å². The highest BCUT2D eigenvalue weighted by Gasteiger charge is 2.27. The number of carboxylic acids is 1. The highest BCUT2D eigenvalue weighted by atomic mass is 16.4. The van der Waals surface area contributed by atoms with Gasteiger partial charge in [-0.05, 0) is 18.8 Å². The molecular formula is C16H28N2O4. The summed E-state index contributed by atoms with van der Waals surface area (Å²) in [6.07, 6.45) is 3.52. The van der Waals surface area contributed by atoms with Crippen molar-refractivity contribution in [3.05, 3.63) is 0 Å². The van der Waals surface area contributed by atoms with Gasteiger partial charge in [0, 0.05) is 26.6 Å². The molecule has 1 aliphatic heterocycles. The molecule has 1 saturated heterocycles. The van der Waals surface area contributed by atoms with Gasteiger partial charge in [-0.3, -0.25) is 14.4 Å². The molecule has 1 fully saturated rings. The number of hydrogen-bond donors (Lipinski definition) is 1. The first kappa shape index (κ1) is 18.5. The molecule has 0 bridgehead atoms. The molecule has 1 atom stereocenters. The Labute approximate surface area is 132 Å². The molecule has 126 valence electrons. The van der Waals surface area contributed by atoms with Gasteiger partial charge >= 0.3 is 5.97 Å². The SMILES string of the molecule is CCCC(C)CC(=O)N(C)CC(=O)N1CCC(C(=O)O)CC1. The topological polar surface area (TPSA) is 77.9 Å². The zero-order valence-corrected chi connectivity index (χ0v) is 13.9. The highest BCUT2D eigenvalue weighted by molar-refractivity contribution is 5.85. The summed E-state index contributed by atoms with van der Waals surface area (Å²) >= 11 is 0. The van der Waals surface area contributed by atoms with Crippen molar-refractivity contribution in [3.63, 3.8) is 0 Å². The summed E-state index contributed by atoms with van der Waals surface area (Å²) in [6.45, 7) is 5.15. The third-order valence-electron chi connectivity index (χ3n) is 4.30. The first-order valence-corrected chi connectivity index (χ1v) is 8.09. The first-order valence-electron chi connectivity index (χ1n) is 8.09. The Hall–Kier alpha value is -1.59. The van der Waals surface area contributed by atoms with Crippen LogP contribution in [0.3, 0.4) is 0 Å². The number of nitrogens with zero attached hydrogens (tertiary/aromatic N) is 2. The van der Waals surface area contributed by atoms with E-state index >= 15 is 0 Å². The summed E-state index contributed by atoms with van der Waals surface area (Å²) in [7, 11) is 1.66. The third-order valence-corrected chi connectivity index (χ3v) is 4.30. The number of likely N-dealkylation sites (N-methyl/N-ethyl adjacent to an activating group) is 1. The van der Waals surface area contributed by atoms with E-state index in [-0.39, 0.29) is 24.3 Å². The van der Waals surface area contributed by atoms with E-state index in [4.69, 9.17) is 5.11 Å². The fourth-order valence-corrected chi connectivity index (χ4v) is 2.82. The average Bonchev–Trinajstić information content (AvgIpc) is 2.47. The number of carboxylic acid groups (broad SMARTS) is 1. The van der Waals surface area contributed by atoms with E-state index < -0.39 is 5.97 Å². The van der Waals surface area contributed by atoms with Crippen molar-refractivity contribution in [1.29, 1.82) is 0 Å². The van der Waals surface area contributed by atoms with Gasteiger partial charge in [0.25, 0.3) is 0 Å². The van der Waals surface area contributed by atoms with Crippen molar-refractivity contribution in [2.24, 2.45) is 11.8 Å². The molecule has 1 unspecified atom stereocenters. The van der Waals surface area contributed by atoms with Crippen LogP contribution >= 0.6 is 0 Å². The Morgan fingerprint density at radius 2 is 1.86 bits per heavy atom. The third kappa shape index (κ3) is 5.66. The Balaban J connectivity index is 2.38. The second kappa shape index (κ2) is 8.76. The van der Waals surface area contributed by atoms with Gasteiger partial charge in [0.2, 0.25) is 11.8 Å². The maximum absolute atomic E-state index is 12.2. The molecule has 0 aromatic heterocycles. The Kier molecular flexibility index (Phi) is 7.35. The lowest BCUT2D eigenvalue weighted by atomic mass is 9.97. The lowest BCUT2D eigenvalue weighted by Gasteiger charge is -2.31. The van der Waals surface area contributed by atoms with E-state index in [9.17, 15) is 14.4 Å². The van der Waals surface area contributed by atoms with Gasteiger partial charge in [0.1, 0.15) is 0 Å². The van der Waals surface area contributed by atoms with Gasteiger partial charge in [-0.1, -0.05) is 26.7 Å². The summed E-state index contributed by atoms with van der Waals surface area (Å²) in [5.41, 5.74) is 0. The fourth-order valence-electron chi connectivity index (χ4n) is 2.82. The standard InChI is InChI=1S/C16H28N2O4/c1-4-5-12(2)10-14(19)17(3)11-15(20)18-8-6-13(7-9-18)16(21)22/h12-13H,4-11H2,1-3H3,(H,21,22). The van der Waals surface area contributed by atoms with Crippen LogP contribution in [0.2, 0.25) is 0 Å². The average molecular weight is 312 g/mol. The minimum atomic E-state index is -0.788. The van der Waals surface area contributed by atoms with Crippen molar-refractivity contribution >= 4 is 17.8 Å². The van der Waals surface area contributed by atoms with E-state index in [1.165, 1.54) is 4.90 Å². The number of likely N-dealkylation sites (tertiary alicyclic amines) is 1. The van der Waals surface area contributed by atoms with Crippen LogP contribution in [0.5, 0.6) is 0 Å². The number of amides is 2. The van der Waals surface area contributed by atoms with Crippen LogP contribution in [0.4, 0.5) is 0 Å². The molecule has 0 saturated carbocycles. The molecule has 1 aliphatic rings. The summed E-state index contributed by atoms with van der Waals surface area (Å²) in [4.78, 5) is 38.3. The molecular weight excluding hydrogens is 284 g/mol. The van der Waals surface area contributed by atoms with Gasteiger partial charge in [0.05, 0.1) is 12.5 Å². The van der Waals surface area contributed by atoms with Crippen molar-refractivity contribution in [1.82, 2.24) is 9.80 Å². The van der Waals surface area contributed by atoms with Crippen LogP contribution in [0.15, 0.2) is 0 Å². The van der Waals surface area contributed by atoms with Crippen LogP contribution in [0, 0.1) is 11.8 Å². The summed E-state index contributed by atoms with van der Waals surface area (Å²) in [6, 6.07) is 0. The number of piperidine rings is 1. The molecule has 0 spiro atoms. The molecule has 1 rings (SSSR count). The number of carbonyl (C=O) groups excluding carboxylic acids is 2. The fraction of sp³-hybridized carbons (Fsp3) is 0.812. The van der Waals surface area contributed by atoms with Gasteiger partial charge in [-0.15, -0.1) is 0 Å². The number of carbonyl (C=O) groups is 3. The van der Waals surface area contributed by atoms with Gasteiger partial charge in [-0.2, -0.15) is 0 Å². The molecule has 2 amide bonds. The number of rotatable bonds is 7. The van der Waals surface area contributed by atoms with Crippen LogP contribution in [0.1, 0.15) is 46.0 Å². The van der Waals surface area contributed by atoms with E-state index in [1.807, 2.05) is 6.92 Å². The molecule has 0 radical (unpaired) electrons. The molecule has 0 aromatic carbocycles. The second-order valence-corrected chi connectivity index (χ2v) is 6.34. The maximum Gasteiger partial charge on any atom is 0.306 e. The van der Waals surface area contributed by atoms with Gasteiger partial charge in [-0.25, -0.2) is 0 Å². The molecule has 22 heavy (non-hydrogen) atoms. The summed E-state index contributed by atoms with van der Waals surface area (Å²) in [5.74, 6) is -0.901. The lowest BCUT2D eigenvalue weighted by molar-refractivity contribution is -0.146. The van der Waals surface area contributed by atoms with E-state index in [2.05, 4.69) is 6.92 Å². The van der Waals surface area contributed by atoms with Crippen LogP contribution < -0.4 is 0 Å². The zero-order valence-electron chi connectivity index (χ0n) is 13.9. The Morgan fingerprint density at radius 3 is 2.36 bits per heavy atom. The Bertz CT molecular complexity index is 403. The van der Waals surface area contributed by atoms with Gasteiger partial charge < -0.3 is 14.9 Å². The predicted octanol–water partition coefficient (Wildman–Crippen LogP) is 1.59. The van der Waals surface area contributed by atoms with Crippen molar-refractivity contribution in [2.75, 3.05) is 26.7 Å². The molecule has 0 aromatic rings. The summed E-state index contributed by atoms with van der Waals surface area (Å²) < 4.78 is 0. The normalized spacial score (nSPS) is 17.1. The quantitative estimate of drug-likeness (QED) is 0.774. The second-order valence-electron chi connectivity index (χ2n) is 6.34. The molecule has 1 N–H and O–H groups in total. The molecule has 6 heteroatoms. The zero-order chi connectivity index (χ0) is 16.7. The first-order chi connectivity index (χ1) is 10.3. The van der Waals surface area contributed by atoms with Crippen molar-refractivity contribution in [2.45, 2.75) is 46.0 Å². The minimum Gasteiger partial charge on any atom is -0.481 e. The van der Waals surface area contributed by atoms with Crippen molar-refractivity contribution in [3.8, 4) is 0 Å². The number of hydrogen-bond acceptors (Lipinski definition) is 3. The largest absolute Gasteiger partial charge is 0.481 e. The van der Waals surface area contributed by atoms with Crippen molar-refractivity contribution < 1.29 is 19.5 Å². The molecule has 1 heterocycles. The maximum atomic E-state index is 12.2. The van der Waals surface area contributed by atoms with E-state index in [0.717, 1.165) is 12.8 Å². The summed E-state index contributed by atoms with van der Waals surface area (Å²) in [5, 5.41) is 8.95. The molecule has 0 aliphatic carbocycles. The number of aliphatic carboxylic acids is 1. The van der Waals surface area contributed by atoms with Crippen LogP contribution in [-0.4, -0.2) is 59.4 Å². The predicted molar refractivity (Wildman–Crippen MR) is 83.3 cm³/mol. The van der Waals surface area contributed by atoms with Gasteiger partial charge in [0.15, 0.2) is 0 Å². The van der Waals surface area contributed by atoms with Crippen LogP contribution in [-0.2, 0) is 14.4 Å². The van der Waals surface area contributed by atoms with E-state index in [0.29, 0.717) is 38.3 Å². The smallest absolute Gasteiger partial charge is 0.306 e. The monoisotopic (exact) mass is 312 g/mol.